The highest BCUT2D eigenvalue weighted by molar-refractivity contribution is 9.10. The van der Waals surface area contributed by atoms with Crippen molar-refractivity contribution in [2.75, 3.05) is 0 Å². The van der Waals surface area contributed by atoms with Crippen molar-refractivity contribution in [1.29, 1.82) is 0 Å². The molecular weight excluding hydrogens is 212 g/mol. The van der Waals surface area contributed by atoms with Crippen LogP contribution in [0.5, 0.6) is 0 Å². The number of aliphatic hydroxyl groups is 1. The molecule has 0 saturated heterocycles. The first kappa shape index (κ1) is 8.24. The van der Waals surface area contributed by atoms with Crippen molar-refractivity contribution in [2.24, 2.45) is 0 Å². The Balaban J connectivity index is 2.96. The molecule has 0 spiro atoms. The van der Waals surface area contributed by atoms with Crippen molar-refractivity contribution < 1.29 is 5.11 Å². The highest BCUT2D eigenvalue weighted by Crippen LogP contribution is 2.28. The average Bonchev–Trinajstić information content (AvgIpc) is 2.11. The molecule has 1 aromatic rings. The zero-order valence-electron chi connectivity index (χ0n) is 5.89. The first-order chi connectivity index (χ1) is 4.50. The monoisotopic (exact) mass is 220 g/mol. The molecule has 1 nitrogen and oxygen atoms in total. The zero-order chi connectivity index (χ0) is 7.78. The van der Waals surface area contributed by atoms with Crippen LogP contribution in [0, 0.1) is 0 Å². The Morgan fingerprint density at radius 2 is 2.20 bits per heavy atom. The second kappa shape index (κ2) is 2.64. The molecule has 1 N–H and O–H groups in total. The first-order valence-corrected chi connectivity index (χ1v) is 4.64. The molecule has 1 rings (SSSR count). The van der Waals surface area contributed by atoms with Crippen LogP contribution in [-0.2, 0) is 5.60 Å². The fourth-order valence-corrected chi connectivity index (χ4v) is 2.09. The van der Waals surface area contributed by atoms with Crippen molar-refractivity contribution in [3.05, 3.63) is 20.8 Å². The van der Waals surface area contributed by atoms with E-state index < -0.39 is 5.60 Å². The van der Waals surface area contributed by atoms with E-state index in [0.29, 0.717) is 0 Å². The van der Waals surface area contributed by atoms with Gasteiger partial charge in [-0.2, -0.15) is 0 Å². The lowest BCUT2D eigenvalue weighted by Crippen LogP contribution is -2.12. The zero-order valence-corrected chi connectivity index (χ0v) is 8.29. The Hall–Kier alpha value is 0.140. The number of hydrogen-bond donors (Lipinski definition) is 1. The minimum atomic E-state index is -0.698. The van der Waals surface area contributed by atoms with Gasteiger partial charge < -0.3 is 5.11 Å². The second-order valence-electron chi connectivity index (χ2n) is 2.69. The molecule has 0 amide bonds. The van der Waals surface area contributed by atoms with Crippen LogP contribution in [0.15, 0.2) is 15.9 Å². The molecule has 0 atom stereocenters. The maximum Gasteiger partial charge on any atom is 0.0932 e. The summed E-state index contributed by atoms with van der Waals surface area (Å²) in [4.78, 5) is 0.986. The highest BCUT2D eigenvalue weighted by Gasteiger charge is 2.17. The molecular formula is C7H9BrOS. The molecule has 0 aliphatic carbocycles. The summed E-state index contributed by atoms with van der Waals surface area (Å²) in [5.74, 6) is 0. The van der Waals surface area contributed by atoms with E-state index in [4.69, 9.17) is 0 Å². The molecule has 1 heterocycles. The van der Waals surface area contributed by atoms with Gasteiger partial charge in [0.25, 0.3) is 0 Å². The summed E-state index contributed by atoms with van der Waals surface area (Å²) < 4.78 is 1.04. The van der Waals surface area contributed by atoms with Crippen LogP contribution in [0.4, 0.5) is 0 Å². The van der Waals surface area contributed by atoms with Gasteiger partial charge in [-0.3, -0.25) is 0 Å². The lowest BCUT2D eigenvalue weighted by Gasteiger charge is -2.13. The minimum absolute atomic E-state index is 0.698. The van der Waals surface area contributed by atoms with Crippen molar-refractivity contribution in [2.45, 2.75) is 19.4 Å². The topological polar surface area (TPSA) is 20.2 Å². The van der Waals surface area contributed by atoms with E-state index in [1.807, 2.05) is 11.4 Å². The Morgan fingerprint density at radius 1 is 1.60 bits per heavy atom. The minimum Gasteiger partial charge on any atom is -0.385 e. The molecule has 0 aromatic carbocycles. The molecule has 56 valence electrons. The summed E-state index contributed by atoms with van der Waals surface area (Å²) in [5, 5.41) is 11.5. The maximum atomic E-state index is 9.49. The van der Waals surface area contributed by atoms with Gasteiger partial charge in [-0.25, -0.2) is 0 Å². The standard InChI is InChI=1S/C7H9BrOS/c1-7(2,9)6-3-5(8)4-10-6/h3-4,9H,1-2H3. The molecule has 0 saturated carbocycles. The van der Waals surface area contributed by atoms with Crippen molar-refractivity contribution >= 4 is 27.3 Å². The van der Waals surface area contributed by atoms with Gasteiger partial charge in [-0.1, -0.05) is 0 Å². The summed E-state index contributed by atoms with van der Waals surface area (Å²) in [5.41, 5.74) is -0.698. The summed E-state index contributed by atoms with van der Waals surface area (Å²) in [6.07, 6.45) is 0. The number of thiophene rings is 1. The third-order valence-corrected chi connectivity index (χ3v) is 3.17. The van der Waals surface area contributed by atoms with Gasteiger partial charge >= 0.3 is 0 Å². The van der Waals surface area contributed by atoms with Gasteiger partial charge in [0.15, 0.2) is 0 Å². The normalized spacial score (nSPS) is 12.0. The van der Waals surface area contributed by atoms with Gasteiger partial charge in [-0.15, -0.1) is 11.3 Å². The molecule has 1 aromatic heterocycles. The van der Waals surface area contributed by atoms with Gasteiger partial charge in [0.2, 0.25) is 0 Å². The van der Waals surface area contributed by atoms with E-state index in [0.717, 1.165) is 9.35 Å². The van der Waals surface area contributed by atoms with Crippen LogP contribution in [0.3, 0.4) is 0 Å². The van der Waals surface area contributed by atoms with E-state index in [-0.39, 0.29) is 0 Å². The summed E-state index contributed by atoms with van der Waals surface area (Å²) in [6, 6.07) is 1.94. The quantitative estimate of drug-likeness (QED) is 0.772. The van der Waals surface area contributed by atoms with Crippen LogP contribution in [0.1, 0.15) is 18.7 Å². The smallest absolute Gasteiger partial charge is 0.0932 e. The fraction of sp³-hybridized carbons (Fsp3) is 0.429. The van der Waals surface area contributed by atoms with Crippen molar-refractivity contribution in [3.63, 3.8) is 0 Å². The number of hydrogen-bond acceptors (Lipinski definition) is 2. The molecule has 0 unspecified atom stereocenters. The number of rotatable bonds is 1. The molecule has 0 aliphatic heterocycles. The number of halogens is 1. The fourth-order valence-electron chi connectivity index (χ4n) is 0.634. The Bertz CT molecular complexity index is 224. The highest BCUT2D eigenvalue weighted by atomic mass is 79.9. The van der Waals surface area contributed by atoms with E-state index in [1.165, 1.54) is 0 Å². The third kappa shape index (κ3) is 1.81. The third-order valence-electron chi connectivity index (χ3n) is 1.17. The SMILES string of the molecule is CC(C)(O)c1cc(Br)cs1. The lowest BCUT2D eigenvalue weighted by atomic mass is 10.1. The van der Waals surface area contributed by atoms with E-state index in [1.54, 1.807) is 25.2 Å². The van der Waals surface area contributed by atoms with Crippen molar-refractivity contribution in [1.82, 2.24) is 0 Å². The Kier molecular flexibility index (Phi) is 2.18. The molecule has 0 bridgehead atoms. The van der Waals surface area contributed by atoms with E-state index >= 15 is 0 Å². The van der Waals surface area contributed by atoms with E-state index in [9.17, 15) is 5.11 Å². The largest absolute Gasteiger partial charge is 0.385 e. The van der Waals surface area contributed by atoms with Crippen LogP contribution in [0.25, 0.3) is 0 Å². The predicted octanol–water partition coefficient (Wildman–Crippen LogP) is 2.74. The summed E-state index contributed by atoms with van der Waals surface area (Å²) in [7, 11) is 0. The molecule has 0 fully saturated rings. The molecule has 3 heteroatoms. The van der Waals surface area contributed by atoms with Gasteiger partial charge in [-0.05, 0) is 35.8 Å². The Morgan fingerprint density at radius 3 is 2.40 bits per heavy atom. The van der Waals surface area contributed by atoms with Gasteiger partial charge in [0.05, 0.1) is 5.60 Å². The molecule has 10 heavy (non-hydrogen) atoms. The molecule has 0 aliphatic rings. The van der Waals surface area contributed by atoms with Gasteiger partial charge in [0.1, 0.15) is 0 Å². The first-order valence-electron chi connectivity index (χ1n) is 2.97. The summed E-state index contributed by atoms with van der Waals surface area (Å²) in [6.45, 7) is 3.57. The van der Waals surface area contributed by atoms with E-state index in [2.05, 4.69) is 15.9 Å². The second-order valence-corrected chi connectivity index (χ2v) is 4.52. The van der Waals surface area contributed by atoms with Crippen LogP contribution < -0.4 is 0 Å². The predicted molar refractivity (Wildman–Crippen MR) is 47.3 cm³/mol. The average molecular weight is 221 g/mol. The van der Waals surface area contributed by atoms with Crippen LogP contribution in [-0.4, -0.2) is 5.11 Å². The van der Waals surface area contributed by atoms with Crippen LogP contribution in [0.2, 0.25) is 0 Å². The van der Waals surface area contributed by atoms with Crippen LogP contribution >= 0.6 is 27.3 Å². The Labute approximate surface area is 72.8 Å². The van der Waals surface area contributed by atoms with Crippen molar-refractivity contribution in [3.8, 4) is 0 Å². The van der Waals surface area contributed by atoms with Gasteiger partial charge in [0, 0.05) is 14.7 Å². The molecule has 0 radical (unpaired) electrons. The lowest BCUT2D eigenvalue weighted by molar-refractivity contribution is 0.0825. The maximum absolute atomic E-state index is 9.49. The summed E-state index contributed by atoms with van der Waals surface area (Å²) >= 11 is 4.88.